The minimum Gasteiger partial charge on any atom is -0.399 e. The fraction of sp³-hybridized carbons (Fsp3) is 0.643. The monoisotopic (exact) mass is 281 g/mol. The van der Waals surface area contributed by atoms with Gasteiger partial charge in [-0.25, -0.2) is 4.98 Å². The highest BCUT2D eigenvalue weighted by atomic mass is 35.5. The molecule has 1 aromatic rings. The molecule has 2 fully saturated rings. The van der Waals surface area contributed by atoms with Crippen LogP contribution in [0.3, 0.4) is 0 Å². The van der Waals surface area contributed by atoms with Crippen molar-refractivity contribution in [2.75, 3.05) is 23.7 Å². The summed E-state index contributed by atoms with van der Waals surface area (Å²) in [7, 11) is 0. The first-order chi connectivity index (χ1) is 9.07. The largest absolute Gasteiger partial charge is 0.399 e. The quantitative estimate of drug-likeness (QED) is 0.776. The number of anilines is 2. The summed E-state index contributed by atoms with van der Waals surface area (Å²) < 4.78 is 0. The van der Waals surface area contributed by atoms with Crippen molar-refractivity contribution in [3.8, 4) is 0 Å². The Bertz CT molecular complexity index is 462. The predicted octanol–water partition coefficient (Wildman–Crippen LogP) is 2.45. The fourth-order valence-corrected chi connectivity index (χ4v) is 3.66. The van der Waals surface area contributed by atoms with Crippen LogP contribution in [0.25, 0.3) is 0 Å². The van der Waals surface area contributed by atoms with E-state index in [2.05, 4.69) is 9.88 Å². The number of aliphatic hydroxyl groups is 1. The third-order valence-electron chi connectivity index (χ3n) is 4.55. The molecule has 3 rings (SSSR count). The van der Waals surface area contributed by atoms with Crippen LogP contribution >= 0.6 is 11.6 Å². The van der Waals surface area contributed by atoms with E-state index in [9.17, 15) is 5.11 Å². The average molecular weight is 282 g/mol. The zero-order valence-corrected chi connectivity index (χ0v) is 11.7. The summed E-state index contributed by atoms with van der Waals surface area (Å²) in [5, 5.41) is 11.1. The minimum atomic E-state index is -0.459. The maximum absolute atomic E-state index is 10.7. The summed E-state index contributed by atoms with van der Waals surface area (Å²) in [4.78, 5) is 6.55. The van der Waals surface area contributed by atoms with Gasteiger partial charge in [0.1, 0.15) is 11.0 Å². The van der Waals surface area contributed by atoms with Crippen molar-refractivity contribution in [2.45, 2.75) is 37.7 Å². The van der Waals surface area contributed by atoms with Crippen LogP contribution < -0.4 is 10.6 Å². The second-order valence-corrected chi connectivity index (χ2v) is 6.21. The third kappa shape index (κ3) is 2.51. The Balaban J connectivity index is 1.80. The first-order valence-electron chi connectivity index (χ1n) is 6.97. The van der Waals surface area contributed by atoms with E-state index in [4.69, 9.17) is 17.3 Å². The van der Waals surface area contributed by atoms with Gasteiger partial charge < -0.3 is 15.7 Å². The van der Waals surface area contributed by atoms with E-state index in [1.807, 2.05) is 6.07 Å². The molecular formula is C14H20ClN3O. The van der Waals surface area contributed by atoms with Crippen LogP contribution in [-0.2, 0) is 0 Å². The highest BCUT2D eigenvalue weighted by Crippen LogP contribution is 2.40. The van der Waals surface area contributed by atoms with Crippen LogP contribution in [0.2, 0.25) is 5.15 Å². The average Bonchev–Trinajstić information content (AvgIpc) is 2.36. The number of hydrogen-bond acceptors (Lipinski definition) is 4. The van der Waals surface area contributed by atoms with E-state index in [0.717, 1.165) is 44.6 Å². The predicted molar refractivity (Wildman–Crippen MR) is 77.4 cm³/mol. The van der Waals surface area contributed by atoms with Crippen molar-refractivity contribution in [3.05, 3.63) is 17.3 Å². The van der Waals surface area contributed by atoms with Gasteiger partial charge in [-0.2, -0.15) is 0 Å². The molecule has 1 saturated carbocycles. The summed E-state index contributed by atoms with van der Waals surface area (Å²) in [5.74, 6) is 1.18. The Hall–Kier alpha value is -1.00. The van der Waals surface area contributed by atoms with E-state index >= 15 is 0 Å². The van der Waals surface area contributed by atoms with Gasteiger partial charge in [0.25, 0.3) is 0 Å². The zero-order chi connectivity index (χ0) is 13.5. The highest BCUT2D eigenvalue weighted by molar-refractivity contribution is 6.29. The number of pyridine rings is 1. The van der Waals surface area contributed by atoms with Crippen molar-refractivity contribution in [1.82, 2.24) is 4.98 Å². The molecule has 5 heteroatoms. The second kappa shape index (κ2) is 4.84. The molecule has 1 aliphatic heterocycles. The molecule has 2 heterocycles. The SMILES string of the molecule is Nc1cc(Cl)nc(N2CCC3(O)CCCCC3C2)c1. The molecule has 2 unspecified atom stereocenters. The molecule has 2 aliphatic rings. The van der Waals surface area contributed by atoms with Crippen molar-refractivity contribution in [2.24, 2.45) is 5.92 Å². The van der Waals surface area contributed by atoms with Crippen LogP contribution in [0.1, 0.15) is 32.1 Å². The van der Waals surface area contributed by atoms with Crippen molar-refractivity contribution in [3.63, 3.8) is 0 Å². The summed E-state index contributed by atoms with van der Waals surface area (Å²) in [6, 6.07) is 3.52. The summed E-state index contributed by atoms with van der Waals surface area (Å²) in [6.07, 6.45) is 5.22. The molecule has 1 saturated heterocycles. The Morgan fingerprint density at radius 2 is 2.21 bits per heavy atom. The van der Waals surface area contributed by atoms with Gasteiger partial charge in [-0.1, -0.05) is 24.4 Å². The number of aromatic nitrogens is 1. The molecule has 4 nitrogen and oxygen atoms in total. The van der Waals surface area contributed by atoms with Crippen LogP contribution in [0, 0.1) is 5.92 Å². The minimum absolute atomic E-state index is 0.344. The number of hydrogen-bond donors (Lipinski definition) is 2. The van der Waals surface area contributed by atoms with Gasteiger partial charge in [0.05, 0.1) is 5.60 Å². The molecule has 1 aliphatic carbocycles. The number of nitrogens with zero attached hydrogens (tertiary/aromatic N) is 2. The zero-order valence-electron chi connectivity index (χ0n) is 11.0. The molecule has 19 heavy (non-hydrogen) atoms. The van der Waals surface area contributed by atoms with Gasteiger partial charge in [-0.15, -0.1) is 0 Å². The Labute approximate surface area is 118 Å². The molecule has 0 radical (unpaired) electrons. The first kappa shape index (κ1) is 13.0. The normalized spacial score (nSPS) is 31.1. The molecule has 0 amide bonds. The van der Waals surface area contributed by atoms with Gasteiger partial charge in [0, 0.05) is 30.8 Å². The molecule has 0 aromatic carbocycles. The maximum atomic E-state index is 10.7. The van der Waals surface area contributed by atoms with Gasteiger partial charge in [-0.05, 0) is 25.3 Å². The molecule has 2 atom stereocenters. The van der Waals surface area contributed by atoms with E-state index in [-0.39, 0.29) is 0 Å². The van der Waals surface area contributed by atoms with E-state index in [0.29, 0.717) is 16.8 Å². The summed E-state index contributed by atoms with van der Waals surface area (Å²) in [5.41, 5.74) is 6.00. The molecular weight excluding hydrogens is 262 g/mol. The van der Waals surface area contributed by atoms with Crippen LogP contribution in [-0.4, -0.2) is 28.8 Å². The third-order valence-corrected chi connectivity index (χ3v) is 4.75. The van der Waals surface area contributed by atoms with E-state index < -0.39 is 5.60 Å². The van der Waals surface area contributed by atoms with E-state index in [1.165, 1.54) is 6.42 Å². The number of nitrogens with two attached hydrogens (primary N) is 1. The number of nitrogen functional groups attached to an aromatic ring is 1. The molecule has 0 bridgehead atoms. The highest BCUT2D eigenvalue weighted by Gasteiger charge is 2.42. The lowest BCUT2D eigenvalue weighted by molar-refractivity contribution is -0.0613. The second-order valence-electron chi connectivity index (χ2n) is 5.82. The standard InChI is InChI=1S/C14H20ClN3O/c15-12-7-11(16)8-13(17-12)18-6-5-14(19)4-2-1-3-10(14)9-18/h7-8,10,19H,1-6,9H2,(H2,16,17). The maximum Gasteiger partial charge on any atom is 0.133 e. The van der Waals surface area contributed by atoms with Gasteiger partial charge in [0.15, 0.2) is 0 Å². The van der Waals surface area contributed by atoms with Gasteiger partial charge in [0.2, 0.25) is 0 Å². The molecule has 3 N–H and O–H groups in total. The number of fused-ring (bicyclic) bond motifs is 1. The number of halogens is 1. The molecule has 1 aromatic heterocycles. The smallest absolute Gasteiger partial charge is 0.133 e. The van der Waals surface area contributed by atoms with Crippen LogP contribution in [0.15, 0.2) is 12.1 Å². The van der Waals surface area contributed by atoms with Gasteiger partial charge >= 0.3 is 0 Å². The Kier molecular flexibility index (Phi) is 3.31. The van der Waals surface area contributed by atoms with Crippen LogP contribution in [0.4, 0.5) is 11.5 Å². The van der Waals surface area contributed by atoms with Crippen LogP contribution in [0.5, 0.6) is 0 Å². The summed E-state index contributed by atoms with van der Waals surface area (Å²) >= 11 is 5.97. The van der Waals surface area contributed by atoms with Crippen molar-refractivity contribution >= 4 is 23.1 Å². The van der Waals surface area contributed by atoms with Crippen molar-refractivity contribution in [1.29, 1.82) is 0 Å². The lowest BCUT2D eigenvalue weighted by atomic mass is 9.71. The van der Waals surface area contributed by atoms with Crippen molar-refractivity contribution < 1.29 is 5.11 Å². The Morgan fingerprint density at radius 1 is 1.37 bits per heavy atom. The number of rotatable bonds is 1. The lowest BCUT2D eigenvalue weighted by Gasteiger charge is -2.47. The van der Waals surface area contributed by atoms with Gasteiger partial charge in [-0.3, -0.25) is 0 Å². The summed E-state index contributed by atoms with van der Waals surface area (Å²) in [6.45, 7) is 1.67. The topological polar surface area (TPSA) is 62.4 Å². The lowest BCUT2D eigenvalue weighted by Crippen LogP contribution is -2.53. The molecule has 0 spiro atoms. The van der Waals surface area contributed by atoms with E-state index in [1.54, 1.807) is 6.07 Å². The fourth-order valence-electron chi connectivity index (χ4n) is 3.44. The Morgan fingerprint density at radius 3 is 3.00 bits per heavy atom. The molecule has 104 valence electrons. The number of piperidine rings is 1. The first-order valence-corrected chi connectivity index (χ1v) is 7.35.